The van der Waals surface area contributed by atoms with Crippen LogP contribution >= 0.6 is 0 Å². The van der Waals surface area contributed by atoms with Crippen molar-refractivity contribution in [3.05, 3.63) is 24.5 Å². The number of hydrogen-bond donors (Lipinski definition) is 2. The van der Waals surface area contributed by atoms with E-state index in [1.165, 1.54) is 5.69 Å². The van der Waals surface area contributed by atoms with Crippen molar-refractivity contribution >= 4 is 16.7 Å². The van der Waals surface area contributed by atoms with E-state index in [4.69, 9.17) is 0 Å². The van der Waals surface area contributed by atoms with Gasteiger partial charge in [0.15, 0.2) is 0 Å². The molecule has 1 aliphatic rings. The van der Waals surface area contributed by atoms with Crippen LogP contribution in [0.1, 0.15) is 6.92 Å². The zero-order valence-corrected chi connectivity index (χ0v) is 9.40. The average molecular weight is 216 g/mol. The summed E-state index contributed by atoms with van der Waals surface area (Å²) in [6, 6.07) is 6.97. The van der Waals surface area contributed by atoms with Gasteiger partial charge in [0.05, 0.1) is 17.4 Å². The Labute approximate surface area is 94.7 Å². The quantitative estimate of drug-likeness (QED) is 0.756. The number of rotatable bonds is 1. The minimum atomic E-state index is 0.550. The van der Waals surface area contributed by atoms with E-state index in [0.29, 0.717) is 6.04 Å². The molecule has 1 aromatic heterocycles. The second-order valence-corrected chi connectivity index (χ2v) is 4.35. The molecular formula is C12H16N4. The van der Waals surface area contributed by atoms with E-state index in [0.717, 1.165) is 30.7 Å². The first-order valence-corrected chi connectivity index (χ1v) is 5.75. The molecule has 1 atom stereocenters. The van der Waals surface area contributed by atoms with Gasteiger partial charge in [-0.25, -0.2) is 4.98 Å². The molecule has 1 saturated heterocycles. The second kappa shape index (κ2) is 3.79. The fraction of sp³-hybridized carbons (Fsp3) is 0.417. The maximum absolute atomic E-state index is 4.24. The van der Waals surface area contributed by atoms with Gasteiger partial charge in [-0.3, -0.25) is 0 Å². The van der Waals surface area contributed by atoms with Crippen molar-refractivity contribution in [2.24, 2.45) is 0 Å². The lowest BCUT2D eigenvalue weighted by Gasteiger charge is -2.35. The molecule has 2 N–H and O–H groups in total. The molecule has 1 aliphatic heterocycles. The Hall–Kier alpha value is -1.55. The third-order valence-electron chi connectivity index (χ3n) is 3.24. The molecule has 4 nitrogen and oxygen atoms in total. The van der Waals surface area contributed by atoms with Gasteiger partial charge < -0.3 is 15.2 Å². The molecule has 0 bridgehead atoms. The molecule has 1 fully saturated rings. The van der Waals surface area contributed by atoms with Gasteiger partial charge in [0.25, 0.3) is 0 Å². The largest absolute Gasteiger partial charge is 0.366 e. The summed E-state index contributed by atoms with van der Waals surface area (Å²) in [5, 5.41) is 3.40. The van der Waals surface area contributed by atoms with Crippen molar-refractivity contribution in [1.29, 1.82) is 0 Å². The van der Waals surface area contributed by atoms with Crippen molar-refractivity contribution in [2.75, 3.05) is 24.5 Å². The SMILES string of the molecule is CC1CNCCN1c1ccc2nc[nH]c2c1. The number of fused-ring (bicyclic) bond motifs is 1. The zero-order chi connectivity index (χ0) is 11.0. The van der Waals surface area contributed by atoms with Crippen LogP contribution in [0.5, 0.6) is 0 Å². The highest BCUT2D eigenvalue weighted by molar-refractivity contribution is 5.79. The lowest BCUT2D eigenvalue weighted by atomic mass is 10.1. The van der Waals surface area contributed by atoms with Gasteiger partial charge in [0.2, 0.25) is 0 Å². The van der Waals surface area contributed by atoms with E-state index in [1.54, 1.807) is 6.33 Å². The molecule has 0 spiro atoms. The first-order chi connectivity index (χ1) is 7.84. The number of aromatic amines is 1. The van der Waals surface area contributed by atoms with Crippen molar-refractivity contribution in [3.8, 4) is 0 Å². The van der Waals surface area contributed by atoms with E-state index in [-0.39, 0.29) is 0 Å². The summed E-state index contributed by atoms with van der Waals surface area (Å²) < 4.78 is 0. The van der Waals surface area contributed by atoms with Crippen molar-refractivity contribution in [3.63, 3.8) is 0 Å². The number of nitrogens with one attached hydrogen (secondary N) is 2. The van der Waals surface area contributed by atoms with Crippen LogP contribution in [0.25, 0.3) is 11.0 Å². The van der Waals surface area contributed by atoms with Crippen LogP contribution in [0.3, 0.4) is 0 Å². The summed E-state index contributed by atoms with van der Waals surface area (Å²) in [4.78, 5) is 9.84. The van der Waals surface area contributed by atoms with Crippen LogP contribution in [-0.4, -0.2) is 35.6 Å². The van der Waals surface area contributed by atoms with Gasteiger partial charge in [-0.2, -0.15) is 0 Å². The maximum atomic E-state index is 4.24. The number of piperazine rings is 1. The van der Waals surface area contributed by atoms with Gasteiger partial charge in [-0.1, -0.05) is 0 Å². The van der Waals surface area contributed by atoms with E-state index < -0.39 is 0 Å². The van der Waals surface area contributed by atoms with Crippen LogP contribution in [-0.2, 0) is 0 Å². The Morgan fingerprint density at radius 1 is 1.44 bits per heavy atom. The Morgan fingerprint density at radius 2 is 2.38 bits per heavy atom. The highest BCUT2D eigenvalue weighted by Crippen LogP contribution is 2.22. The van der Waals surface area contributed by atoms with Crippen molar-refractivity contribution in [2.45, 2.75) is 13.0 Å². The Balaban J connectivity index is 1.97. The summed E-state index contributed by atoms with van der Waals surface area (Å²) in [5.74, 6) is 0. The van der Waals surface area contributed by atoms with Crippen LogP contribution in [0.15, 0.2) is 24.5 Å². The molecule has 1 unspecified atom stereocenters. The Morgan fingerprint density at radius 3 is 3.25 bits per heavy atom. The summed E-state index contributed by atoms with van der Waals surface area (Å²) in [6.45, 7) is 5.44. The molecule has 0 amide bonds. The van der Waals surface area contributed by atoms with E-state index in [9.17, 15) is 0 Å². The minimum Gasteiger partial charge on any atom is -0.366 e. The number of benzene rings is 1. The topological polar surface area (TPSA) is 44.0 Å². The Bertz CT molecular complexity index is 490. The maximum Gasteiger partial charge on any atom is 0.0931 e. The van der Waals surface area contributed by atoms with Crippen LogP contribution < -0.4 is 10.2 Å². The van der Waals surface area contributed by atoms with Crippen LogP contribution in [0.4, 0.5) is 5.69 Å². The van der Waals surface area contributed by atoms with E-state index in [1.807, 2.05) is 0 Å². The standard InChI is InChI=1S/C12H16N4/c1-9-7-13-4-5-16(9)10-2-3-11-12(6-10)15-8-14-11/h2-3,6,8-9,13H,4-5,7H2,1H3,(H,14,15). The first kappa shape index (κ1) is 9.66. The van der Waals surface area contributed by atoms with Crippen LogP contribution in [0, 0.1) is 0 Å². The van der Waals surface area contributed by atoms with E-state index in [2.05, 4.69) is 45.3 Å². The lowest BCUT2D eigenvalue weighted by Crippen LogP contribution is -2.49. The highest BCUT2D eigenvalue weighted by atomic mass is 15.2. The first-order valence-electron chi connectivity index (χ1n) is 5.75. The van der Waals surface area contributed by atoms with Gasteiger partial charge in [-0.05, 0) is 25.1 Å². The van der Waals surface area contributed by atoms with Crippen LogP contribution in [0.2, 0.25) is 0 Å². The normalized spacial score (nSPS) is 21.6. The molecule has 0 aliphatic carbocycles. The molecule has 1 aromatic carbocycles. The highest BCUT2D eigenvalue weighted by Gasteiger charge is 2.18. The smallest absolute Gasteiger partial charge is 0.0931 e. The monoisotopic (exact) mass is 216 g/mol. The minimum absolute atomic E-state index is 0.550. The average Bonchev–Trinajstić information content (AvgIpc) is 2.76. The molecule has 16 heavy (non-hydrogen) atoms. The molecule has 3 rings (SSSR count). The fourth-order valence-corrected chi connectivity index (χ4v) is 2.33. The van der Waals surface area contributed by atoms with Gasteiger partial charge in [0, 0.05) is 31.4 Å². The summed E-state index contributed by atoms with van der Waals surface area (Å²) in [6.07, 6.45) is 1.75. The number of hydrogen-bond acceptors (Lipinski definition) is 3. The van der Waals surface area contributed by atoms with Crippen molar-refractivity contribution < 1.29 is 0 Å². The summed E-state index contributed by atoms with van der Waals surface area (Å²) in [5.41, 5.74) is 3.43. The molecule has 4 heteroatoms. The molecular weight excluding hydrogens is 200 g/mol. The fourth-order valence-electron chi connectivity index (χ4n) is 2.33. The molecule has 0 radical (unpaired) electrons. The number of H-pyrrole nitrogens is 1. The summed E-state index contributed by atoms with van der Waals surface area (Å²) in [7, 11) is 0. The number of imidazole rings is 1. The number of nitrogens with zero attached hydrogens (tertiary/aromatic N) is 2. The lowest BCUT2D eigenvalue weighted by molar-refractivity contribution is 0.501. The molecule has 2 heterocycles. The third kappa shape index (κ3) is 1.55. The van der Waals surface area contributed by atoms with Crippen molar-refractivity contribution in [1.82, 2.24) is 15.3 Å². The number of anilines is 1. The summed E-state index contributed by atoms with van der Waals surface area (Å²) >= 11 is 0. The Kier molecular flexibility index (Phi) is 2.29. The zero-order valence-electron chi connectivity index (χ0n) is 9.40. The number of aromatic nitrogens is 2. The van der Waals surface area contributed by atoms with Gasteiger partial charge in [-0.15, -0.1) is 0 Å². The molecule has 0 saturated carbocycles. The third-order valence-corrected chi connectivity index (χ3v) is 3.24. The van der Waals surface area contributed by atoms with Gasteiger partial charge in [0.1, 0.15) is 0 Å². The van der Waals surface area contributed by atoms with Gasteiger partial charge >= 0.3 is 0 Å². The second-order valence-electron chi connectivity index (χ2n) is 4.35. The molecule has 84 valence electrons. The molecule has 2 aromatic rings. The predicted octanol–water partition coefficient (Wildman–Crippen LogP) is 1.36. The predicted molar refractivity (Wildman–Crippen MR) is 65.8 cm³/mol. The van der Waals surface area contributed by atoms with E-state index >= 15 is 0 Å².